The maximum Gasteiger partial charge on any atom is 0.415 e. The lowest BCUT2D eigenvalue weighted by atomic mass is 10.0. The summed E-state index contributed by atoms with van der Waals surface area (Å²) in [5.74, 6) is -0.987. The number of hydrogen-bond donors (Lipinski definition) is 1. The normalized spacial score (nSPS) is 23.0. The largest absolute Gasteiger partial charge is 0.481 e. The van der Waals surface area contributed by atoms with Crippen molar-refractivity contribution in [1.29, 1.82) is 0 Å². The van der Waals surface area contributed by atoms with Gasteiger partial charge in [0, 0.05) is 4.47 Å². The summed E-state index contributed by atoms with van der Waals surface area (Å²) in [6.45, 7) is 1.84. The second kappa shape index (κ2) is 4.61. The van der Waals surface area contributed by atoms with Crippen molar-refractivity contribution in [1.82, 2.24) is 0 Å². The zero-order chi connectivity index (χ0) is 13.3. The van der Waals surface area contributed by atoms with Crippen LogP contribution in [0.1, 0.15) is 13.3 Å². The van der Waals surface area contributed by atoms with Crippen LogP contribution in [0.4, 0.5) is 10.5 Å². The van der Waals surface area contributed by atoms with E-state index in [2.05, 4.69) is 15.9 Å². The minimum Gasteiger partial charge on any atom is -0.481 e. The van der Waals surface area contributed by atoms with Gasteiger partial charge >= 0.3 is 12.1 Å². The second-order valence-electron chi connectivity index (χ2n) is 4.43. The molecule has 0 radical (unpaired) electrons. The number of cyclic esters (lactones) is 1. The predicted octanol–water partition coefficient (Wildman–Crippen LogP) is 2.64. The summed E-state index contributed by atoms with van der Waals surface area (Å²) in [6, 6.07) is 7.24. The van der Waals surface area contributed by atoms with E-state index < -0.39 is 17.7 Å². The van der Waals surface area contributed by atoms with Gasteiger partial charge in [0.2, 0.25) is 0 Å². The summed E-state index contributed by atoms with van der Waals surface area (Å²) < 4.78 is 5.93. The number of nitrogens with zero attached hydrogens (tertiary/aromatic N) is 1. The molecule has 1 atom stereocenters. The second-order valence-corrected chi connectivity index (χ2v) is 5.28. The van der Waals surface area contributed by atoms with Gasteiger partial charge < -0.3 is 9.84 Å². The molecule has 0 aliphatic carbocycles. The number of carboxylic acid groups (broad SMARTS) is 1. The first-order valence-electron chi connectivity index (χ1n) is 5.38. The maximum atomic E-state index is 11.8. The van der Waals surface area contributed by atoms with Gasteiger partial charge in [-0.25, -0.2) is 4.79 Å². The van der Waals surface area contributed by atoms with E-state index in [1.807, 2.05) is 12.1 Å². The number of rotatable bonds is 3. The molecular formula is C12H12BrNO4. The Bertz CT molecular complexity index is 505. The lowest BCUT2D eigenvalue weighted by Gasteiger charge is -2.19. The number of carboxylic acids is 1. The van der Waals surface area contributed by atoms with Crippen LogP contribution < -0.4 is 4.90 Å². The predicted molar refractivity (Wildman–Crippen MR) is 68.6 cm³/mol. The van der Waals surface area contributed by atoms with Crippen molar-refractivity contribution in [2.75, 3.05) is 11.4 Å². The van der Waals surface area contributed by atoms with E-state index in [1.54, 1.807) is 19.1 Å². The average Bonchev–Trinajstić information content (AvgIpc) is 2.53. The minimum absolute atomic E-state index is 0.209. The first kappa shape index (κ1) is 12.9. The first-order valence-corrected chi connectivity index (χ1v) is 6.17. The molecule has 0 aromatic heterocycles. The Kier molecular flexibility index (Phi) is 3.30. The average molecular weight is 314 g/mol. The SMILES string of the molecule is CC1(CC(=O)O)CN(c2ccccc2Br)C(=O)O1. The number of anilines is 1. The van der Waals surface area contributed by atoms with E-state index in [0.717, 1.165) is 4.47 Å². The van der Waals surface area contributed by atoms with Gasteiger partial charge in [-0.2, -0.15) is 0 Å². The smallest absolute Gasteiger partial charge is 0.415 e. The van der Waals surface area contributed by atoms with Crippen molar-refractivity contribution in [2.45, 2.75) is 18.9 Å². The molecule has 1 heterocycles. The van der Waals surface area contributed by atoms with Gasteiger partial charge in [-0.15, -0.1) is 0 Å². The summed E-state index contributed by atoms with van der Waals surface area (Å²) in [5, 5.41) is 8.82. The fraction of sp³-hybridized carbons (Fsp3) is 0.333. The van der Waals surface area contributed by atoms with Crippen LogP contribution in [0.3, 0.4) is 0 Å². The van der Waals surface area contributed by atoms with Crippen molar-refractivity contribution >= 4 is 33.7 Å². The third-order valence-electron chi connectivity index (χ3n) is 2.72. The van der Waals surface area contributed by atoms with Crippen LogP contribution in [0.2, 0.25) is 0 Å². The molecule has 1 unspecified atom stereocenters. The molecule has 0 bridgehead atoms. The van der Waals surface area contributed by atoms with Gasteiger partial charge in [0.15, 0.2) is 0 Å². The molecule has 5 nitrogen and oxygen atoms in total. The van der Waals surface area contributed by atoms with Gasteiger partial charge in [0.25, 0.3) is 0 Å². The Morgan fingerprint density at radius 3 is 2.83 bits per heavy atom. The molecule has 1 saturated heterocycles. The summed E-state index contributed by atoms with van der Waals surface area (Å²) in [6.07, 6.45) is -0.731. The van der Waals surface area contributed by atoms with Crippen LogP contribution in [-0.4, -0.2) is 29.3 Å². The molecule has 2 rings (SSSR count). The molecule has 1 aliphatic heterocycles. The van der Waals surface area contributed by atoms with Crippen molar-refractivity contribution in [3.8, 4) is 0 Å². The number of halogens is 1. The third-order valence-corrected chi connectivity index (χ3v) is 3.39. The number of carbonyl (C=O) groups excluding carboxylic acids is 1. The molecular weight excluding hydrogens is 302 g/mol. The summed E-state index contributed by atoms with van der Waals surface area (Å²) in [7, 11) is 0. The highest BCUT2D eigenvalue weighted by Gasteiger charge is 2.44. The zero-order valence-corrected chi connectivity index (χ0v) is 11.3. The zero-order valence-electron chi connectivity index (χ0n) is 9.72. The van der Waals surface area contributed by atoms with Crippen molar-refractivity contribution in [3.05, 3.63) is 28.7 Å². The lowest BCUT2D eigenvalue weighted by Crippen LogP contribution is -2.33. The monoisotopic (exact) mass is 313 g/mol. The fourth-order valence-corrected chi connectivity index (χ4v) is 2.46. The first-order chi connectivity index (χ1) is 8.41. The lowest BCUT2D eigenvalue weighted by molar-refractivity contribution is -0.140. The summed E-state index contributed by atoms with van der Waals surface area (Å²) in [5.41, 5.74) is -0.310. The fourth-order valence-electron chi connectivity index (χ4n) is 1.96. The van der Waals surface area contributed by atoms with Crippen LogP contribution in [0.15, 0.2) is 28.7 Å². The van der Waals surface area contributed by atoms with Crippen LogP contribution in [0, 0.1) is 0 Å². The number of hydrogen-bond acceptors (Lipinski definition) is 3. The van der Waals surface area contributed by atoms with Gasteiger partial charge in [-0.05, 0) is 35.0 Å². The van der Waals surface area contributed by atoms with E-state index >= 15 is 0 Å². The Morgan fingerprint density at radius 1 is 1.56 bits per heavy atom. The van der Waals surface area contributed by atoms with Crippen molar-refractivity contribution in [3.63, 3.8) is 0 Å². The highest BCUT2D eigenvalue weighted by molar-refractivity contribution is 9.10. The number of benzene rings is 1. The van der Waals surface area contributed by atoms with Gasteiger partial charge in [-0.3, -0.25) is 9.69 Å². The Labute approximate surface area is 112 Å². The van der Waals surface area contributed by atoms with Gasteiger partial charge in [0.05, 0.1) is 18.7 Å². The molecule has 1 N–H and O–H groups in total. The quantitative estimate of drug-likeness (QED) is 0.931. The Hall–Kier alpha value is -1.56. The molecule has 96 valence electrons. The highest BCUT2D eigenvalue weighted by Crippen LogP contribution is 2.34. The highest BCUT2D eigenvalue weighted by atomic mass is 79.9. The number of ether oxygens (including phenoxy) is 1. The number of aliphatic carboxylic acids is 1. The Balaban J connectivity index is 2.25. The topological polar surface area (TPSA) is 66.8 Å². The molecule has 1 aromatic rings. The summed E-state index contributed by atoms with van der Waals surface area (Å²) in [4.78, 5) is 24.0. The van der Waals surface area contributed by atoms with Crippen LogP contribution in [0.25, 0.3) is 0 Å². The summed E-state index contributed by atoms with van der Waals surface area (Å²) >= 11 is 3.36. The van der Waals surface area contributed by atoms with Crippen molar-refractivity contribution < 1.29 is 19.4 Å². The molecule has 1 fully saturated rings. The van der Waals surface area contributed by atoms with E-state index in [4.69, 9.17) is 9.84 Å². The third kappa shape index (κ3) is 2.48. The van der Waals surface area contributed by atoms with E-state index in [-0.39, 0.29) is 13.0 Å². The number of amides is 1. The van der Waals surface area contributed by atoms with Crippen LogP contribution >= 0.6 is 15.9 Å². The molecule has 0 saturated carbocycles. The molecule has 0 spiro atoms. The van der Waals surface area contributed by atoms with E-state index in [0.29, 0.717) is 5.69 Å². The maximum absolute atomic E-state index is 11.8. The molecule has 1 aliphatic rings. The standard InChI is InChI=1S/C12H12BrNO4/c1-12(6-10(15)16)7-14(11(17)18-12)9-5-3-2-4-8(9)13/h2-5H,6-7H2,1H3,(H,15,16). The molecule has 18 heavy (non-hydrogen) atoms. The molecule has 1 aromatic carbocycles. The molecule has 6 heteroatoms. The minimum atomic E-state index is -0.988. The van der Waals surface area contributed by atoms with Crippen LogP contribution in [-0.2, 0) is 9.53 Å². The van der Waals surface area contributed by atoms with E-state index in [9.17, 15) is 9.59 Å². The van der Waals surface area contributed by atoms with Crippen LogP contribution in [0.5, 0.6) is 0 Å². The molecule has 1 amide bonds. The number of para-hydroxylation sites is 1. The van der Waals surface area contributed by atoms with Crippen molar-refractivity contribution in [2.24, 2.45) is 0 Å². The van der Waals surface area contributed by atoms with Gasteiger partial charge in [0.1, 0.15) is 5.60 Å². The van der Waals surface area contributed by atoms with Gasteiger partial charge in [-0.1, -0.05) is 12.1 Å². The Morgan fingerprint density at radius 2 is 2.22 bits per heavy atom. The van der Waals surface area contributed by atoms with E-state index in [1.165, 1.54) is 4.90 Å². The number of carbonyl (C=O) groups is 2.